The minimum atomic E-state index is -4.47. The molecule has 1 aliphatic rings. The fourth-order valence-corrected chi connectivity index (χ4v) is 8.09. The Balaban J connectivity index is 1.21. The van der Waals surface area contributed by atoms with Crippen LogP contribution in [-0.4, -0.2) is 101 Å². The Bertz CT molecular complexity index is 2400. The lowest BCUT2D eigenvalue weighted by Gasteiger charge is -2.32. The van der Waals surface area contributed by atoms with Crippen molar-refractivity contribution in [2.75, 3.05) is 53.0 Å². The lowest BCUT2D eigenvalue weighted by atomic mass is 9.97. The van der Waals surface area contributed by atoms with Crippen LogP contribution in [0.3, 0.4) is 0 Å². The van der Waals surface area contributed by atoms with Gasteiger partial charge in [-0.1, -0.05) is 35.9 Å². The normalized spacial score (nSPS) is 14.4. The Morgan fingerprint density at radius 3 is 2.56 bits per heavy atom. The number of halogens is 5. The second-order valence-corrected chi connectivity index (χ2v) is 15.2. The number of ether oxygens (including phenoxy) is 4. The van der Waals surface area contributed by atoms with E-state index in [-0.39, 0.29) is 37.0 Å². The van der Waals surface area contributed by atoms with Crippen molar-refractivity contribution in [1.82, 2.24) is 29.5 Å². The van der Waals surface area contributed by atoms with Gasteiger partial charge < -0.3 is 28.3 Å². The van der Waals surface area contributed by atoms with E-state index in [1.54, 1.807) is 37.3 Å². The lowest BCUT2D eigenvalue weighted by molar-refractivity contribution is -0.151. The van der Waals surface area contributed by atoms with Crippen molar-refractivity contribution in [3.63, 3.8) is 0 Å². The number of nitrogens with zero attached hydrogens (tertiary/aromatic N) is 6. The van der Waals surface area contributed by atoms with Crippen molar-refractivity contribution in [1.29, 1.82) is 0 Å². The monoisotopic (exact) mass is 856 g/mol. The average Bonchev–Trinajstić information content (AvgIpc) is 3.95. The number of para-hydroxylation sites is 1. The smallest absolute Gasteiger partial charge is 0.408 e. The number of furan rings is 1. The predicted molar refractivity (Wildman–Crippen MR) is 213 cm³/mol. The maximum Gasteiger partial charge on any atom is 0.408 e. The lowest BCUT2D eigenvalue weighted by Crippen LogP contribution is -2.45. The number of likely N-dealkylation sites (N-methyl/N-ethyl adjacent to an activating group) is 1. The molecule has 1 aliphatic heterocycles. The van der Waals surface area contributed by atoms with Crippen molar-refractivity contribution < 1.29 is 45.7 Å². The zero-order chi connectivity index (χ0) is 41.7. The van der Waals surface area contributed by atoms with Gasteiger partial charge in [-0.3, -0.25) is 9.58 Å². The van der Waals surface area contributed by atoms with Crippen LogP contribution >= 0.6 is 22.9 Å². The van der Waals surface area contributed by atoms with Crippen molar-refractivity contribution in [2.24, 2.45) is 0 Å². The van der Waals surface area contributed by atoms with Gasteiger partial charge in [-0.25, -0.2) is 14.8 Å². The molecule has 0 aliphatic carbocycles. The number of carbonyl (C=O) groups excluding carboxylic acids is 1. The third-order valence-corrected chi connectivity index (χ3v) is 11.4. The van der Waals surface area contributed by atoms with Gasteiger partial charge in [-0.15, -0.1) is 11.3 Å². The van der Waals surface area contributed by atoms with Crippen LogP contribution in [0.2, 0.25) is 5.02 Å². The summed E-state index contributed by atoms with van der Waals surface area (Å²) in [6, 6.07) is 13.8. The first-order chi connectivity index (χ1) is 28.4. The second-order valence-electron chi connectivity index (χ2n) is 13.9. The van der Waals surface area contributed by atoms with Gasteiger partial charge in [0.25, 0.3) is 6.01 Å². The number of carbonyl (C=O) groups is 1. The highest BCUT2D eigenvalue weighted by Crippen LogP contribution is 2.49. The molecule has 1 saturated heterocycles. The molecule has 0 saturated carbocycles. The fraction of sp³-hybridized carbons (Fsp3) is 0.366. The molecule has 0 radical (unpaired) electrons. The largest absolute Gasteiger partial charge is 0.491 e. The van der Waals surface area contributed by atoms with Crippen molar-refractivity contribution in [3.8, 4) is 39.1 Å². The van der Waals surface area contributed by atoms with Gasteiger partial charge in [0.2, 0.25) is 12.0 Å². The highest BCUT2D eigenvalue weighted by molar-refractivity contribution is 7.22. The third-order valence-electron chi connectivity index (χ3n) is 9.82. The average molecular weight is 857 g/mol. The van der Waals surface area contributed by atoms with E-state index < -0.39 is 30.8 Å². The quantitative estimate of drug-likeness (QED) is 0.0693. The van der Waals surface area contributed by atoms with E-state index in [2.05, 4.69) is 31.9 Å². The van der Waals surface area contributed by atoms with E-state index in [4.69, 9.17) is 35.0 Å². The van der Waals surface area contributed by atoms with E-state index in [1.807, 2.05) is 13.0 Å². The van der Waals surface area contributed by atoms with Crippen LogP contribution < -0.4 is 14.2 Å². The molecule has 6 aromatic rings. The molecule has 4 aromatic heterocycles. The zero-order valence-electron chi connectivity index (χ0n) is 32.4. The Morgan fingerprint density at radius 2 is 1.81 bits per heavy atom. The summed E-state index contributed by atoms with van der Waals surface area (Å²) in [5, 5.41) is 4.59. The van der Waals surface area contributed by atoms with Gasteiger partial charge in [-0.05, 0) is 61.9 Å². The van der Waals surface area contributed by atoms with Crippen LogP contribution in [0.4, 0.5) is 17.6 Å². The molecule has 12 nitrogen and oxygen atoms in total. The summed E-state index contributed by atoms with van der Waals surface area (Å²) in [7, 11) is 2.11. The van der Waals surface area contributed by atoms with Gasteiger partial charge in [0, 0.05) is 57.0 Å². The number of aromatic nitrogens is 4. The molecule has 312 valence electrons. The first kappa shape index (κ1) is 41.9. The zero-order valence-corrected chi connectivity index (χ0v) is 34.0. The molecular weight excluding hydrogens is 816 g/mol. The van der Waals surface area contributed by atoms with E-state index in [0.717, 1.165) is 37.4 Å². The van der Waals surface area contributed by atoms with Crippen LogP contribution in [0.5, 0.6) is 17.4 Å². The molecule has 1 atom stereocenters. The first-order valence-corrected chi connectivity index (χ1v) is 20.1. The molecule has 18 heteroatoms. The van der Waals surface area contributed by atoms with Crippen LogP contribution in [0.1, 0.15) is 23.7 Å². The highest BCUT2D eigenvalue weighted by atomic mass is 35.5. The Kier molecular flexibility index (Phi) is 13.0. The minimum Gasteiger partial charge on any atom is -0.491 e. The van der Waals surface area contributed by atoms with Crippen LogP contribution in [0, 0.1) is 12.9 Å². The van der Waals surface area contributed by atoms with E-state index in [9.17, 15) is 22.4 Å². The van der Waals surface area contributed by atoms with E-state index in [1.165, 1.54) is 42.1 Å². The molecule has 0 N–H and O–H groups in total. The number of hydrogen-bond donors (Lipinski definition) is 0. The van der Waals surface area contributed by atoms with Crippen molar-refractivity contribution in [3.05, 3.63) is 95.0 Å². The standard InChI is InChI=1S/C41H41ClF4N6O6S/c1-4-54-40(53)32(21-26-7-5-6-8-29(26)56-22-27-13-14-49-52(27)23-41(44,45)46)58-38-35-34(37(31-11-12-33(43)57-31)59-39(35)48-24-47-38)28-9-10-30(36(42)25(28)2)55-20-19-51-17-15-50(3)16-18-51/h5-14,24,32H,4,15-23H2,1-3H3. The summed E-state index contributed by atoms with van der Waals surface area (Å²) < 4.78 is 84.2. The van der Waals surface area contributed by atoms with Crippen molar-refractivity contribution in [2.45, 2.75) is 45.7 Å². The molecule has 1 fully saturated rings. The summed E-state index contributed by atoms with van der Waals surface area (Å²) in [6.45, 7) is 7.17. The molecule has 0 bridgehead atoms. The van der Waals surface area contributed by atoms with Gasteiger partial charge in [0.15, 0.2) is 0 Å². The van der Waals surface area contributed by atoms with E-state index >= 15 is 0 Å². The number of hydrogen-bond acceptors (Lipinski definition) is 12. The van der Waals surface area contributed by atoms with Gasteiger partial charge in [0.05, 0.1) is 27.6 Å². The molecule has 7 rings (SSSR count). The number of fused-ring (bicyclic) bond motifs is 1. The van der Waals surface area contributed by atoms with Crippen LogP contribution in [0.25, 0.3) is 32.0 Å². The number of rotatable bonds is 16. The van der Waals surface area contributed by atoms with Gasteiger partial charge in [0.1, 0.15) is 48.2 Å². The Hall–Kier alpha value is -5.23. The first-order valence-electron chi connectivity index (χ1n) is 18.9. The van der Waals surface area contributed by atoms with Crippen LogP contribution in [0.15, 0.2) is 71.5 Å². The predicted octanol–water partition coefficient (Wildman–Crippen LogP) is 8.24. The summed E-state index contributed by atoms with van der Waals surface area (Å²) in [5.41, 5.74) is 2.57. The van der Waals surface area contributed by atoms with E-state index in [0.29, 0.717) is 60.5 Å². The second kappa shape index (κ2) is 18.4. The number of benzene rings is 2. The molecule has 0 amide bonds. The van der Waals surface area contributed by atoms with Gasteiger partial charge in [-0.2, -0.15) is 22.7 Å². The highest BCUT2D eigenvalue weighted by Gasteiger charge is 2.31. The molecule has 0 spiro atoms. The fourth-order valence-electron chi connectivity index (χ4n) is 6.76. The maximum atomic E-state index is 14.4. The SMILES string of the molecule is CCOC(=O)C(Cc1ccccc1OCc1ccnn1CC(F)(F)F)Oc1ncnc2sc(-c3ccc(F)o3)c(-c3ccc(OCCN4CCN(C)CC4)c(Cl)c3C)c12. The molecule has 2 aromatic carbocycles. The summed E-state index contributed by atoms with van der Waals surface area (Å²) in [4.78, 5) is 28.2. The number of thiophene rings is 1. The molecule has 1 unspecified atom stereocenters. The number of piperazine rings is 1. The molecular formula is C41H41ClF4N6O6S. The minimum absolute atomic E-state index is 0.0371. The molecule has 59 heavy (non-hydrogen) atoms. The summed E-state index contributed by atoms with van der Waals surface area (Å²) in [5.74, 6) is 0.397. The Morgan fingerprint density at radius 1 is 1.02 bits per heavy atom. The molecule has 5 heterocycles. The van der Waals surface area contributed by atoms with Crippen molar-refractivity contribution >= 4 is 39.1 Å². The number of alkyl halides is 3. The topological polar surface area (TPSA) is 117 Å². The third kappa shape index (κ3) is 9.98. The maximum absolute atomic E-state index is 14.4. The van der Waals surface area contributed by atoms with Crippen LogP contribution in [-0.2, 0) is 29.1 Å². The Labute approximate surface area is 346 Å². The number of esters is 1. The van der Waals surface area contributed by atoms with Gasteiger partial charge >= 0.3 is 12.1 Å². The summed E-state index contributed by atoms with van der Waals surface area (Å²) in [6.07, 6.45) is -3.25. The summed E-state index contributed by atoms with van der Waals surface area (Å²) >= 11 is 8.22.